The Labute approximate surface area is 164 Å². The van der Waals surface area contributed by atoms with Crippen molar-refractivity contribution in [1.29, 1.82) is 0 Å². The van der Waals surface area contributed by atoms with Crippen molar-refractivity contribution in [1.82, 2.24) is 10.6 Å². The van der Waals surface area contributed by atoms with Crippen molar-refractivity contribution < 1.29 is 19.1 Å². The number of anilines is 1. The number of hydrogen-bond acceptors (Lipinski definition) is 5. The highest BCUT2D eigenvalue weighted by Gasteiger charge is 2.28. The van der Waals surface area contributed by atoms with E-state index in [1.54, 1.807) is 62.8 Å². The molecule has 1 fully saturated rings. The lowest BCUT2D eigenvalue weighted by molar-refractivity contribution is -0.127. The molecule has 0 unspecified atom stereocenters. The van der Waals surface area contributed by atoms with E-state index in [0.29, 0.717) is 22.7 Å². The number of ether oxygens (including phenoxy) is 2. The summed E-state index contributed by atoms with van der Waals surface area (Å²) in [6.45, 7) is 0.809. The first-order valence-electron chi connectivity index (χ1n) is 9.23. The molecule has 2 aromatic rings. The fourth-order valence-electron chi connectivity index (χ4n) is 3.14. The van der Waals surface area contributed by atoms with Gasteiger partial charge in [0.2, 0.25) is 5.91 Å². The summed E-state index contributed by atoms with van der Waals surface area (Å²) in [5.41, 5.74) is 1.30. The zero-order chi connectivity index (χ0) is 19.9. The molecule has 148 valence electrons. The Kier molecular flexibility index (Phi) is 6.49. The van der Waals surface area contributed by atoms with Crippen molar-refractivity contribution in [2.24, 2.45) is 0 Å². The van der Waals surface area contributed by atoms with Crippen LogP contribution in [0.1, 0.15) is 24.4 Å². The number of hydrogen-bond donors (Lipinski definition) is 3. The highest BCUT2D eigenvalue weighted by Crippen LogP contribution is 2.21. The average molecular weight is 383 g/mol. The Bertz CT molecular complexity index is 799. The van der Waals surface area contributed by atoms with Crippen LogP contribution < -0.4 is 25.4 Å². The molecule has 7 nitrogen and oxygen atoms in total. The summed E-state index contributed by atoms with van der Waals surface area (Å²) in [5, 5.41) is 8.89. The molecule has 2 amide bonds. The number of nitrogens with one attached hydrogen (secondary N) is 3. The number of rotatable bonds is 7. The lowest BCUT2D eigenvalue weighted by atomic mass is 10.0. The van der Waals surface area contributed by atoms with Crippen LogP contribution in [-0.2, 0) is 9.59 Å². The standard InChI is InChI=1S/C21H25N3O4/c1-27-16-9-5-14(6-10-16)19(24-20(25)18-4-3-13-22-18)21(26)23-15-7-11-17(28-2)12-8-15/h5-12,18-19,22H,3-4,13H2,1-2H3,(H,23,26)(H,24,25)/t18-,19-/m0/s1. The minimum absolute atomic E-state index is 0.178. The maximum Gasteiger partial charge on any atom is 0.251 e. The van der Waals surface area contributed by atoms with Gasteiger partial charge in [0.15, 0.2) is 0 Å². The molecule has 0 spiro atoms. The van der Waals surface area contributed by atoms with E-state index in [4.69, 9.17) is 9.47 Å². The summed E-state index contributed by atoms with van der Waals surface area (Å²) >= 11 is 0. The number of carbonyl (C=O) groups excluding carboxylic acids is 2. The molecular weight excluding hydrogens is 358 g/mol. The van der Waals surface area contributed by atoms with Crippen molar-refractivity contribution >= 4 is 17.5 Å². The molecule has 1 heterocycles. The van der Waals surface area contributed by atoms with Gasteiger partial charge in [-0.25, -0.2) is 0 Å². The number of benzene rings is 2. The summed E-state index contributed by atoms with van der Waals surface area (Å²) in [7, 11) is 3.16. The van der Waals surface area contributed by atoms with Gasteiger partial charge in [0.1, 0.15) is 17.5 Å². The van der Waals surface area contributed by atoms with E-state index in [-0.39, 0.29) is 17.9 Å². The summed E-state index contributed by atoms with van der Waals surface area (Å²) in [6, 6.07) is 13.0. The highest BCUT2D eigenvalue weighted by atomic mass is 16.5. The molecule has 3 N–H and O–H groups in total. The molecule has 0 aliphatic carbocycles. The Morgan fingerprint density at radius 2 is 1.61 bits per heavy atom. The van der Waals surface area contributed by atoms with E-state index in [1.807, 2.05) is 0 Å². The summed E-state index contributed by atoms with van der Waals surface area (Å²) in [5.74, 6) is 0.886. The van der Waals surface area contributed by atoms with Gasteiger partial charge < -0.3 is 25.4 Å². The summed E-state index contributed by atoms with van der Waals surface area (Å²) < 4.78 is 10.3. The first-order valence-corrected chi connectivity index (χ1v) is 9.23. The minimum atomic E-state index is -0.817. The van der Waals surface area contributed by atoms with Gasteiger partial charge in [-0.1, -0.05) is 12.1 Å². The molecule has 0 aromatic heterocycles. The van der Waals surface area contributed by atoms with Crippen LogP contribution in [0, 0.1) is 0 Å². The van der Waals surface area contributed by atoms with Crippen molar-refractivity contribution in [3.8, 4) is 11.5 Å². The van der Waals surface area contributed by atoms with Crippen LogP contribution >= 0.6 is 0 Å². The first-order chi connectivity index (χ1) is 13.6. The smallest absolute Gasteiger partial charge is 0.251 e. The molecule has 7 heteroatoms. The van der Waals surface area contributed by atoms with E-state index in [9.17, 15) is 9.59 Å². The van der Waals surface area contributed by atoms with Gasteiger partial charge in [0.05, 0.1) is 20.3 Å². The van der Waals surface area contributed by atoms with E-state index in [2.05, 4.69) is 16.0 Å². The Morgan fingerprint density at radius 3 is 2.14 bits per heavy atom. The second-order valence-corrected chi connectivity index (χ2v) is 6.58. The van der Waals surface area contributed by atoms with Crippen LogP contribution in [0.2, 0.25) is 0 Å². The number of methoxy groups -OCH3 is 2. The Balaban J connectivity index is 1.78. The predicted octanol–water partition coefficient (Wildman–Crippen LogP) is 2.25. The molecule has 2 atom stereocenters. The third-order valence-electron chi connectivity index (χ3n) is 4.73. The average Bonchev–Trinajstić information content (AvgIpc) is 3.27. The predicted molar refractivity (Wildman–Crippen MR) is 107 cm³/mol. The van der Waals surface area contributed by atoms with Crippen molar-refractivity contribution in [2.75, 3.05) is 26.1 Å². The highest BCUT2D eigenvalue weighted by molar-refractivity contribution is 5.98. The molecule has 0 radical (unpaired) electrons. The lowest BCUT2D eigenvalue weighted by Crippen LogP contribution is -2.45. The lowest BCUT2D eigenvalue weighted by Gasteiger charge is -2.21. The molecular formula is C21H25N3O4. The van der Waals surface area contributed by atoms with Crippen molar-refractivity contribution in [3.63, 3.8) is 0 Å². The SMILES string of the molecule is COc1ccc(NC(=O)[C@@H](NC(=O)[C@@H]2CCCN2)c2ccc(OC)cc2)cc1. The normalized spacial score (nSPS) is 16.9. The fourth-order valence-corrected chi connectivity index (χ4v) is 3.14. The molecule has 1 aliphatic heterocycles. The van der Waals surface area contributed by atoms with Gasteiger partial charge in [0, 0.05) is 5.69 Å². The van der Waals surface area contributed by atoms with Gasteiger partial charge in [0.25, 0.3) is 5.91 Å². The van der Waals surface area contributed by atoms with Gasteiger partial charge in [-0.15, -0.1) is 0 Å². The van der Waals surface area contributed by atoms with Crippen molar-refractivity contribution in [3.05, 3.63) is 54.1 Å². The van der Waals surface area contributed by atoms with Crippen LogP contribution in [-0.4, -0.2) is 38.6 Å². The Hall–Kier alpha value is -3.06. The third-order valence-corrected chi connectivity index (χ3v) is 4.73. The van der Waals surface area contributed by atoms with E-state index in [1.165, 1.54) is 0 Å². The summed E-state index contributed by atoms with van der Waals surface area (Å²) in [6.07, 6.45) is 1.71. The molecule has 0 bridgehead atoms. The molecule has 28 heavy (non-hydrogen) atoms. The largest absolute Gasteiger partial charge is 0.497 e. The third kappa shape index (κ3) is 4.80. The van der Waals surface area contributed by atoms with Crippen LogP contribution in [0.15, 0.2) is 48.5 Å². The van der Waals surface area contributed by atoms with Crippen LogP contribution in [0.5, 0.6) is 11.5 Å². The summed E-state index contributed by atoms with van der Waals surface area (Å²) in [4.78, 5) is 25.6. The number of amides is 2. The van der Waals surface area contributed by atoms with Gasteiger partial charge in [-0.05, 0) is 61.3 Å². The van der Waals surface area contributed by atoms with Crippen LogP contribution in [0.3, 0.4) is 0 Å². The quantitative estimate of drug-likeness (QED) is 0.683. The minimum Gasteiger partial charge on any atom is -0.497 e. The van der Waals surface area contributed by atoms with Crippen molar-refractivity contribution in [2.45, 2.75) is 24.9 Å². The monoisotopic (exact) mass is 383 g/mol. The van der Waals surface area contributed by atoms with Gasteiger partial charge in [-0.3, -0.25) is 9.59 Å². The van der Waals surface area contributed by atoms with E-state index >= 15 is 0 Å². The van der Waals surface area contributed by atoms with Gasteiger partial charge >= 0.3 is 0 Å². The van der Waals surface area contributed by atoms with E-state index < -0.39 is 6.04 Å². The zero-order valence-electron chi connectivity index (χ0n) is 16.0. The first kappa shape index (κ1) is 19.7. The molecule has 1 aliphatic rings. The van der Waals surface area contributed by atoms with E-state index in [0.717, 1.165) is 19.4 Å². The van der Waals surface area contributed by atoms with Crippen LogP contribution in [0.25, 0.3) is 0 Å². The Morgan fingerprint density at radius 1 is 1.00 bits per heavy atom. The number of carbonyl (C=O) groups is 2. The second kappa shape index (κ2) is 9.23. The fraction of sp³-hybridized carbons (Fsp3) is 0.333. The second-order valence-electron chi connectivity index (χ2n) is 6.58. The molecule has 2 aromatic carbocycles. The molecule has 0 saturated carbocycles. The molecule has 3 rings (SSSR count). The zero-order valence-corrected chi connectivity index (χ0v) is 16.0. The topological polar surface area (TPSA) is 88.7 Å². The maximum absolute atomic E-state index is 13.0. The van der Waals surface area contributed by atoms with Crippen LogP contribution in [0.4, 0.5) is 5.69 Å². The maximum atomic E-state index is 13.0. The molecule has 1 saturated heterocycles. The van der Waals surface area contributed by atoms with Gasteiger partial charge in [-0.2, -0.15) is 0 Å².